The molecule has 0 spiro atoms. The van der Waals surface area contributed by atoms with Gasteiger partial charge in [0, 0.05) is 30.6 Å². The Hall–Kier alpha value is -1.15. The second-order valence-electron chi connectivity index (χ2n) is 4.38. The van der Waals surface area contributed by atoms with Crippen molar-refractivity contribution in [3.63, 3.8) is 0 Å². The number of rotatable bonds is 3. The van der Waals surface area contributed by atoms with Crippen molar-refractivity contribution in [2.75, 3.05) is 18.0 Å². The van der Waals surface area contributed by atoms with Gasteiger partial charge in [0.05, 0.1) is 5.01 Å². The van der Waals surface area contributed by atoms with E-state index in [4.69, 9.17) is 0 Å². The molecule has 2 aromatic heterocycles. The number of piperidine rings is 1. The fraction of sp³-hybridized carbons (Fsp3) is 0.545. The van der Waals surface area contributed by atoms with Gasteiger partial charge in [-0.25, -0.2) is 13.8 Å². The number of hydrogen-bond acceptors (Lipinski definition) is 6. The number of halogens is 2. The zero-order chi connectivity index (χ0) is 13.2. The van der Waals surface area contributed by atoms with Gasteiger partial charge in [-0.05, 0) is 12.8 Å². The monoisotopic (exact) mass is 302 g/mol. The minimum absolute atomic E-state index is 0.202. The van der Waals surface area contributed by atoms with E-state index in [0.717, 1.165) is 42.3 Å². The molecule has 1 atom stereocenters. The molecule has 1 saturated heterocycles. The fourth-order valence-corrected chi connectivity index (χ4v) is 3.73. The molecule has 0 N–H and O–H groups in total. The zero-order valence-electron chi connectivity index (χ0n) is 10.00. The first kappa shape index (κ1) is 12.9. The maximum absolute atomic E-state index is 12.5. The van der Waals surface area contributed by atoms with Crippen LogP contribution < -0.4 is 4.90 Å². The minimum Gasteiger partial charge on any atom is -0.346 e. The molecular formula is C11H12F2N4S2. The maximum Gasteiger partial charge on any atom is 0.291 e. The Labute approximate surface area is 117 Å². The summed E-state index contributed by atoms with van der Waals surface area (Å²) in [5.74, 6) is 0.368. The van der Waals surface area contributed by atoms with Crippen molar-refractivity contribution in [3.8, 4) is 0 Å². The number of nitrogens with zero attached hydrogens (tertiary/aromatic N) is 4. The van der Waals surface area contributed by atoms with E-state index in [9.17, 15) is 8.78 Å². The standard InChI is InChI=1S/C11H12F2N4S2/c12-8(13)10-15-16-11(19-10)17-4-1-2-7(6-17)9-14-3-5-18-9/h3,5,7-8H,1-2,4,6H2/t7-/m0/s1. The zero-order valence-corrected chi connectivity index (χ0v) is 11.6. The van der Waals surface area contributed by atoms with Crippen LogP contribution in [-0.2, 0) is 0 Å². The van der Waals surface area contributed by atoms with Crippen molar-refractivity contribution in [3.05, 3.63) is 21.6 Å². The molecule has 0 unspecified atom stereocenters. The maximum atomic E-state index is 12.5. The van der Waals surface area contributed by atoms with Crippen molar-refractivity contribution >= 4 is 27.8 Å². The Morgan fingerprint density at radius 3 is 2.95 bits per heavy atom. The van der Waals surface area contributed by atoms with Gasteiger partial charge in [-0.3, -0.25) is 0 Å². The number of aromatic nitrogens is 3. The lowest BCUT2D eigenvalue weighted by Gasteiger charge is -2.31. The van der Waals surface area contributed by atoms with Crippen molar-refractivity contribution in [2.24, 2.45) is 0 Å². The highest BCUT2D eigenvalue weighted by atomic mass is 32.1. The molecule has 0 radical (unpaired) electrons. The summed E-state index contributed by atoms with van der Waals surface area (Å²) < 4.78 is 25.1. The van der Waals surface area contributed by atoms with E-state index in [1.54, 1.807) is 17.5 Å². The molecule has 102 valence electrons. The van der Waals surface area contributed by atoms with Crippen LogP contribution in [0.25, 0.3) is 0 Å². The summed E-state index contributed by atoms with van der Waals surface area (Å²) >= 11 is 2.63. The number of alkyl halides is 2. The van der Waals surface area contributed by atoms with Crippen LogP contribution >= 0.6 is 22.7 Å². The lowest BCUT2D eigenvalue weighted by molar-refractivity contribution is 0.150. The molecule has 1 aliphatic rings. The molecule has 1 fully saturated rings. The second-order valence-corrected chi connectivity index (χ2v) is 6.29. The van der Waals surface area contributed by atoms with Crippen LogP contribution in [0.3, 0.4) is 0 Å². The normalized spacial score (nSPS) is 20.2. The Morgan fingerprint density at radius 1 is 1.37 bits per heavy atom. The van der Waals surface area contributed by atoms with Crippen LogP contribution in [0.4, 0.5) is 13.9 Å². The summed E-state index contributed by atoms with van der Waals surface area (Å²) in [6.45, 7) is 1.63. The van der Waals surface area contributed by atoms with E-state index in [1.165, 1.54) is 0 Å². The molecule has 4 nitrogen and oxygen atoms in total. The van der Waals surface area contributed by atoms with Crippen molar-refractivity contribution < 1.29 is 8.78 Å². The molecule has 3 heterocycles. The van der Waals surface area contributed by atoms with Gasteiger partial charge in [-0.2, -0.15) is 0 Å². The molecule has 2 aromatic rings. The van der Waals surface area contributed by atoms with Crippen LogP contribution in [0.2, 0.25) is 0 Å². The molecule has 0 saturated carbocycles. The summed E-state index contributed by atoms with van der Waals surface area (Å²) in [5.41, 5.74) is 0. The van der Waals surface area contributed by atoms with Crippen LogP contribution in [0.5, 0.6) is 0 Å². The SMILES string of the molecule is FC(F)c1nnc(N2CCC[C@H](c3nccs3)C2)s1. The average molecular weight is 302 g/mol. The van der Waals surface area contributed by atoms with E-state index >= 15 is 0 Å². The lowest BCUT2D eigenvalue weighted by atomic mass is 9.99. The molecule has 0 amide bonds. The Bertz CT molecular complexity index is 529. The van der Waals surface area contributed by atoms with E-state index < -0.39 is 6.43 Å². The van der Waals surface area contributed by atoms with Gasteiger partial charge in [0.25, 0.3) is 6.43 Å². The highest BCUT2D eigenvalue weighted by Gasteiger charge is 2.26. The van der Waals surface area contributed by atoms with Crippen molar-refractivity contribution in [2.45, 2.75) is 25.2 Å². The first-order chi connectivity index (χ1) is 9.24. The minimum atomic E-state index is -2.54. The van der Waals surface area contributed by atoms with Crippen molar-refractivity contribution in [1.82, 2.24) is 15.2 Å². The summed E-state index contributed by atoms with van der Waals surface area (Å²) in [6.07, 6.45) is 1.38. The molecule has 3 rings (SSSR count). The predicted octanol–water partition coefficient (Wildman–Crippen LogP) is 3.32. The number of thiazole rings is 1. The highest BCUT2D eigenvalue weighted by molar-refractivity contribution is 7.15. The highest BCUT2D eigenvalue weighted by Crippen LogP contribution is 2.33. The Morgan fingerprint density at radius 2 is 2.26 bits per heavy atom. The average Bonchev–Trinajstić information content (AvgIpc) is 3.10. The first-order valence-corrected chi connectivity index (χ1v) is 7.69. The topological polar surface area (TPSA) is 41.9 Å². The van der Waals surface area contributed by atoms with Crippen LogP contribution in [0, 0.1) is 0 Å². The molecule has 19 heavy (non-hydrogen) atoms. The van der Waals surface area contributed by atoms with E-state index in [1.807, 2.05) is 10.3 Å². The van der Waals surface area contributed by atoms with E-state index in [0.29, 0.717) is 11.0 Å². The molecule has 0 aromatic carbocycles. The van der Waals surface area contributed by atoms with Crippen LogP contribution in [0.1, 0.15) is 35.2 Å². The summed E-state index contributed by atoms with van der Waals surface area (Å²) in [7, 11) is 0. The van der Waals surface area contributed by atoms with E-state index in [-0.39, 0.29) is 5.01 Å². The van der Waals surface area contributed by atoms with Crippen LogP contribution in [-0.4, -0.2) is 28.3 Å². The molecule has 0 bridgehead atoms. The quantitative estimate of drug-likeness (QED) is 0.872. The molecule has 1 aliphatic heterocycles. The van der Waals surface area contributed by atoms with Crippen LogP contribution in [0.15, 0.2) is 11.6 Å². The predicted molar refractivity (Wildman–Crippen MR) is 71.2 cm³/mol. The van der Waals surface area contributed by atoms with Crippen molar-refractivity contribution in [1.29, 1.82) is 0 Å². The molecule has 8 heteroatoms. The van der Waals surface area contributed by atoms with Gasteiger partial charge < -0.3 is 4.90 Å². The largest absolute Gasteiger partial charge is 0.346 e. The Kier molecular flexibility index (Phi) is 3.69. The third kappa shape index (κ3) is 2.74. The van der Waals surface area contributed by atoms with Gasteiger partial charge in [0.1, 0.15) is 0 Å². The third-order valence-corrected chi connectivity index (χ3v) is 5.04. The fourth-order valence-electron chi connectivity index (χ4n) is 2.23. The lowest BCUT2D eigenvalue weighted by Crippen LogP contribution is -2.34. The summed E-state index contributed by atoms with van der Waals surface area (Å²) in [4.78, 5) is 6.38. The van der Waals surface area contributed by atoms with Gasteiger partial charge in [-0.1, -0.05) is 11.3 Å². The number of anilines is 1. The molecular weight excluding hydrogens is 290 g/mol. The summed E-state index contributed by atoms with van der Waals surface area (Å²) in [6, 6.07) is 0. The van der Waals surface area contributed by atoms with Gasteiger partial charge in [0.15, 0.2) is 5.01 Å². The first-order valence-electron chi connectivity index (χ1n) is 6.00. The van der Waals surface area contributed by atoms with Gasteiger partial charge in [0.2, 0.25) is 5.13 Å². The summed E-state index contributed by atoms with van der Waals surface area (Å²) in [5, 5.41) is 10.9. The van der Waals surface area contributed by atoms with E-state index in [2.05, 4.69) is 15.2 Å². The third-order valence-electron chi connectivity index (χ3n) is 3.11. The van der Waals surface area contributed by atoms with Gasteiger partial charge in [-0.15, -0.1) is 21.5 Å². The second kappa shape index (κ2) is 5.46. The van der Waals surface area contributed by atoms with Gasteiger partial charge >= 0.3 is 0 Å². The number of hydrogen-bond donors (Lipinski definition) is 0. The Balaban J connectivity index is 1.74. The smallest absolute Gasteiger partial charge is 0.291 e. The molecule has 0 aliphatic carbocycles.